The first-order chi connectivity index (χ1) is 11.1. The maximum Gasteiger partial charge on any atom is 0.319 e. The molecule has 0 atom stereocenters. The van der Waals surface area contributed by atoms with Crippen LogP contribution in [0.3, 0.4) is 0 Å². The van der Waals surface area contributed by atoms with Gasteiger partial charge in [0.05, 0.1) is 0 Å². The molecule has 0 bridgehead atoms. The first-order valence-electron chi connectivity index (χ1n) is 8.35. The van der Waals surface area contributed by atoms with E-state index in [2.05, 4.69) is 11.4 Å². The van der Waals surface area contributed by atoms with Gasteiger partial charge in [-0.3, -0.25) is 9.59 Å². The van der Waals surface area contributed by atoms with Crippen molar-refractivity contribution in [2.45, 2.75) is 55.9 Å². The van der Waals surface area contributed by atoms with Crippen LogP contribution < -0.4 is 5.32 Å². The normalized spacial score (nSPS) is 20.0. The van der Waals surface area contributed by atoms with Crippen molar-refractivity contribution in [2.24, 2.45) is 5.41 Å². The average Bonchev–Trinajstić information content (AvgIpc) is 3.36. The Hall–Kier alpha value is -1.49. The Kier molecular flexibility index (Phi) is 4.95. The first kappa shape index (κ1) is 16.4. The van der Waals surface area contributed by atoms with E-state index >= 15 is 0 Å². The largest absolute Gasteiger partial charge is 0.480 e. The minimum Gasteiger partial charge on any atom is -0.480 e. The molecule has 124 valence electrons. The minimum atomic E-state index is -1.19. The van der Waals surface area contributed by atoms with E-state index in [0.717, 1.165) is 11.0 Å². The standard InChI is InChI=1S/C18H23NO3S/c20-16(18(9-10-18)17(21)22)19-14-6-4-5-13(11-14)12-23-15-7-2-1-3-8-15/h4-6,11,15H,1-3,7-10,12H2,(H,19,20)(H,21,22). The van der Waals surface area contributed by atoms with Gasteiger partial charge < -0.3 is 10.4 Å². The van der Waals surface area contributed by atoms with E-state index in [-0.39, 0.29) is 5.91 Å². The monoisotopic (exact) mass is 333 g/mol. The molecule has 2 saturated carbocycles. The Morgan fingerprint density at radius 2 is 1.96 bits per heavy atom. The van der Waals surface area contributed by atoms with E-state index in [9.17, 15) is 14.7 Å². The third-order valence-corrected chi connectivity index (χ3v) is 6.26. The topological polar surface area (TPSA) is 66.4 Å². The molecular formula is C18H23NO3S. The lowest BCUT2D eigenvalue weighted by atomic mass is 10.0. The fraction of sp³-hybridized carbons (Fsp3) is 0.556. The van der Waals surface area contributed by atoms with Crippen molar-refractivity contribution in [3.05, 3.63) is 29.8 Å². The molecule has 0 heterocycles. The van der Waals surface area contributed by atoms with Crippen LogP contribution in [0.1, 0.15) is 50.5 Å². The average molecular weight is 333 g/mol. The molecule has 0 radical (unpaired) electrons. The second-order valence-corrected chi connectivity index (χ2v) is 7.90. The van der Waals surface area contributed by atoms with Crippen molar-refractivity contribution in [3.63, 3.8) is 0 Å². The Bertz CT molecular complexity index is 592. The van der Waals surface area contributed by atoms with Crippen LogP contribution in [0.5, 0.6) is 0 Å². The smallest absolute Gasteiger partial charge is 0.319 e. The second kappa shape index (κ2) is 6.95. The molecule has 0 aliphatic heterocycles. The molecule has 5 heteroatoms. The summed E-state index contributed by atoms with van der Waals surface area (Å²) in [5.41, 5.74) is 0.690. The number of amides is 1. The summed E-state index contributed by atoms with van der Waals surface area (Å²) in [5, 5.41) is 12.7. The molecule has 2 aliphatic rings. The molecule has 0 saturated heterocycles. The predicted octanol–water partition coefficient (Wildman–Crippen LogP) is 4.06. The Morgan fingerprint density at radius 3 is 2.61 bits per heavy atom. The highest BCUT2D eigenvalue weighted by Gasteiger charge is 2.57. The molecule has 1 amide bonds. The van der Waals surface area contributed by atoms with E-state index in [1.807, 2.05) is 30.0 Å². The lowest BCUT2D eigenvalue weighted by Gasteiger charge is -2.21. The van der Waals surface area contributed by atoms with Crippen LogP contribution >= 0.6 is 11.8 Å². The van der Waals surface area contributed by atoms with Gasteiger partial charge in [-0.1, -0.05) is 31.4 Å². The van der Waals surface area contributed by atoms with Crippen LogP contribution in [-0.4, -0.2) is 22.2 Å². The highest BCUT2D eigenvalue weighted by molar-refractivity contribution is 7.99. The van der Waals surface area contributed by atoms with E-state index in [4.69, 9.17) is 0 Å². The summed E-state index contributed by atoms with van der Waals surface area (Å²) >= 11 is 1.99. The number of thioether (sulfide) groups is 1. The van der Waals surface area contributed by atoms with Crippen LogP contribution in [0, 0.1) is 5.41 Å². The van der Waals surface area contributed by atoms with Gasteiger partial charge >= 0.3 is 5.97 Å². The summed E-state index contributed by atoms with van der Waals surface area (Å²) in [5.74, 6) is -0.459. The minimum absolute atomic E-state index is 0.387. The molecule has 2 fully saturated rings. The van der Waals surface area contributed by atoms with E-state index in [1.165, 1.54) is 37.7 Å². The number of aliphatic carboxylic acids is 1. The van der Waals surface area contributed by atoms with Gasteiger partial charge in [-0.05, 0) is 43.4 Å². The number of carboxylic acid groups (broad SMARTS) is 1. The first-order valence-corrected chi connectivity index (χ1v) is 9.40. The molecule has 0 spiro atoms. The summed E-state index contributed by atoms with van der Waals surface area (Å²) in [6, 6.07) is 7.78. The number of benzene rings is 1. The molecule has 3 rings (SSSR count). The summed E-state index contributed by atoms with van der Waals surface area (Å²) in [6.45, 7) is 0. The molecular weight excluding hydrogens is 310 g/mol. The van der Waals surface area contributed by atoms with Crippen LogP contribution in [0.4, 0.5) is 5.69 Å². The van der Waals surface area contributed by atoms with Gasteiger partial charge in [0.15, 0.2) is 0 Å². The zero-order valence-electron chi connectivity index (χ0n) is 13.2. The number of anilines is 1. The van der Waals surface area contributed by atoms with Gasteiger partial charge in [0.1, 0.15) is 5.41 Å². The molecule has 0 aromatic heterocycles. The second-order valence-electron chi connectivity index (χ2n) is 6.61. The molecule has 4 nitrogen and oxygen atoms in total. The van der Waals surface area contributed by atoms with E-state index < -0.39 is 11.4 Å². The SMILES string of the molecule is O=C(O)C1(C(=O)Nc2cccc(CSC3CCCCC3)c2)CC1. The molecule has 2 N–H and O–H groups in total. The maximum absolute atomic E-state index is 12.2. The van der Waals surface area contributed by atoms with Crippen molar-refractivity contribution in [1.29, 1.82) is 0 Å². The number of hydrogen-bond donors (Lipinski definition) is 2. The van der Waals surface area contributed by atoms with Gasteiger partial charge in [-0.25, -0.2) is 0 Å². The number of hydrogen-bond acceptors (Lipinski definition) is 3. The highest BCUT2D eigenvalue weighted by atomic mass is 32.2. The fourth-order valence-corrected chi connectivity index (χ4v) is 4.37. The summed E-state index contributed by atoms with van der Waals surface area (Å²) in [7, 11) is 0. The van der Waals surface area contributed by atoms with Crippen LogP contribution in [-0.2, 0) is 15.3 Å². The third kappa shape index (κ3) is 3.89. The van der Waals surface area contributed by atoms with Crippen molar-refractivity contribution in [1.82, 2.24) is 0 Å². The van der Waals surface area contributed by atoms with Gasteiger partial charge in [0, 0.05) is 16.7 Å². The van der Waals surface area contributed by atoms with Crippen LogP contribution in [0.15, 0.2) is 24.3 Å². The lowest BCUT2D eigenvalue weighted by Crippen LogP contribution is -2.31. The molecule has 23 heavy (non-hydrogen) atoms. The molecule has 1 aromatic carbocycles. The van der Waals surface area contributed by atoms with Crippen LogP contribution in [0.25, 0.3) is 0 Å². The zero-order chi connectivity index (χ0) is 16.3. The maximum atomic E-state index is 12.2. The fourth-order valence-electron chi connectivity index (χ4n) is 3.10. The summed E-state index contributed by atoms with van der Waals surface area (Å²) in [6.07, 6.45) is 7.53. The predicted molar refractivity (Wildman–Crippen MR) is 92.5 cm³/mol. The number of carboxylic acids is 1. The summed E-state index contributed by atoms with van der Waals surface area (Å²) in [4.78, 5) is 23.4. The van der Waals surface area contributed by atoms with Crippen molar-refractivity contribution in [3.8, 4) is 0 Å². The van der Waals surface area contributed by atoms with Gasteiger partial charge in [0.2, 0.25) is 5.91 Å². The third-order valence-electron chi connectivity index (χ3n) is 4.82. The van der Waals surface area contributed by atoms with E-state index in [0.29, 0.717) is 18.5 Å². The van der Waals surface area contributed by atoms with Gasteiger partial charge in [-0.15, -0.1) is 0 Å². The Labute approximate surface area is 141 Å². The summed E-state index contributed by atoms with van der Waals surface area (Å²) < 4.78 is 0. The van der Waals surface area contributed by atoms with Gasteiger partial charge in [-0.2, -0.15) is 11.8 Å². The number of carbonyl (C=O) groups excluding carboxylic acids is 1. The van der Waals surface area contributed by atoms with Crippen molar-refractivity contribution < 1.29 is 14.7 Å². The molecule has 1 aromatic rings. The molecule has 2 aliphatic carbocycles. The Morgan fingerprint density at radius 1 is 1.22 bits per heavy atom. The van der Waals surface area contributed by atoms with Crippen LogP contribution in [0.2, 0.25) is 0 Å². The number of carbonyl (C=O) groups is 2. The van der Waals surface area contributed by atoms with Crippen molar-refractivity contribution >= 4 is 29.3 Å². The van der Waals surface area contributed by atoms with Crippen molar-refractivity contribution in [2.75, 3.05) is 5.32 Å². The number of rotatable bonds is 6. The number of nitrogens with one attached hydrogen (secondary N) is 1. The Balaban J connectivity index is 1.57. The highest BCUT2D eigenvalue weighted by Crippen LogP contribution is 2.46. The lowest BCUT2D eigenvalue weighted by molar-refractivity contribution is -0.147. The molecule has 0 unspecified atom stereocenters. The van der Waals surface area contributed by atoms with E-state index in [1.54, 1.807) is 0 Å². The quantitative estimate of drug-likeness (QED) is 0.771. The zero-order valence-corrected chi connectivity index (χ0v) is 14.0. The van der Waals surface area contributed by atoms with Gasteiger partial charge in [0.25, 0.3) is 0 Å².